The summed E-state index contributed by atoms with van der Waals surface area (Å²) < 4.78 is 27.3. The fourth-order valence-corrected chi connectivity index (χ4v) is 3.69. The molecule has 0 saturated carbocycles. The first-order chi connectivity index (χ1) is 12.8. The molecule has 7 heteroatoms. The van der Waals surface area contributed by atoms with E-state index in [1.807, 2.05) is 6.92 Å². The van der Waals surface area contributed by atoms with Crippen LogP contribution in [0.4, 0.5) is 5.69 Å². The fourth-order valence-electron chi connectivity index (χ4n) is 2.63. The van der Waals surface area contributed by atoms with E-state index in [0.717, 1.165) is 19.3 Å². The van der Waals surface area contributed by atoms with Gasteiger partial charge in [0.15, 0.2) is 0 Å². The van der Waals surface area contributed by atoms with Gasteiger partial charge in [0, 0.05) is 24.0 Å². The number of amides is 1. The Morgan fingerprint density at radius 2 is 1.63 bits per heavy atom. The highest BCUT2D eigenvalue weighted by Crippen LogP contribution is 2.16. The number of nitrogens with one attached hydrogen (secondary N) is 2. The third-order valence-corrected chi connectivity index (χ3v) is 5.55. The molecule has 0 saturated heterocycles. The van der Waals surface area contributed by atoms with Gasteiger partial charge in [0.25, 0.3) is 15.9 Å². The van der Waals surface area contributed by atoms with Crippen molar-refractivity contribution in [3.05, 3.63) is 54.4 Å². The summed E-state index contributed by atoms with van der Waals surface area (Å²) in [5, 5.41) is 2.96. The second-order valence-corrected chi connectivity index (χ2v) is 8.75. The summed E-state index contributed by atoms with van der Waals surface area (Å²) in [6.07, 6.45) is 6.14. The molecule has 1 aromatic heterocycles. The fraction of sp³-hybridized carbons (Fsp3) is 0.400. The predicted octanol–water partition coefficient (Wildman–Crippen LogP) is 3.83. The molecule has 2 rings (SSSR count). The monoisotopic (exact) mass is 389 g/mol. The van der Waals surface area contributed by atoms with Crippen LogP contribution in [-0.4, -0.2) is 25.4 Å². The Morgan fingerprint density at radius 1 is 1.00 bits per heavy atom. The highest BCUT2D eigenvalue weighted by atomic mass is 32.2. The van der Waals surface area contributed by atoms with Crippen molar-refractivity contribution in [2.24, 2.45) is 5.92 Å². The van der Waals surface area contributed by atoms with Crippen LogP contribution in [0.2, 0.25) is 0 Å². The number of nitrogens with zero attached hydrogens (tertiary/aromatic N) is 1. The Morgan fingerprint density at radius 3 is 2.22 bits per heavy atom. The number of benzene rings is 1. The standard InChI is InChI=1S/C20H27N3O3S/c1-15(2)5-4-6-16(3)22-20(24)17-7-9-19(10-8-17)27(25,26)23-18-11-13-21-14-12-18/h7-16H,4-6H2,1-3H3,(H,21,23)(H,22,24). The summed E-state index contributed by atoms with van der Waals surface area (Å²) in [6, 6.07) is 9.13. The number of sulfonamides is 1. The lowest BCUT2D eigenvalue weighted by molar-refractivity contribution is 0.0937. The van der Waals surface area contributed by atoms with Gasteiger partial charge in [-0.3, -0.25) is 14.5 Å². The van der Waals surface area contributed by atoms with E-state index in [4.69, 9.17) is 0 Å². The van der Waals surface area contributed by atoms with Gasteiger partial charge in [-0.25, -0.2) is 8.42 Å². The van der Waals surface area contributed by atoms with Gasteiger partial charge in [-0.15, -0.1) is 0 Å². The van der Waals surface area contributed by atoms with Crippen LogP contribution in [-0.2, 0) is 10.0 Å². The van der Waals surface area contributed by atoms with Gasteiger partial charge in [-0.1, -0.05) is 26.7 Å². The molecule has 0 aliphatic carbocycles. The molecule has 1 amide bonds. The lowest BCUT2D eigenvalue weighted by Crippen LogP contribution is -2.32. The topological polar surface area (TPSA) is 88.2 Å². The maximum Gasteiger partial charge on any atom is 0.261 e. The summed E-state index contributed by atoms with van der Waals surface area (Å²) >= 11 is 0. The number of hydrogen-bond acceptors (Lipinski definition) is 4. The average molecular weight is 390 g/mol. The Balaban J connectivity index is 1.96. The number of aromatic nitrogens is 1. The van der Waals surface area contributed by atoms with Crippen LogP contribution in [0.1, 0.15) is 50.4 Å². The maximum atomic E-state index is 12.4. The van der Waals surface area contributed by atoms with E-state index in [0.29, 0.717) is 17.2 Å². The molecule has 1 heterocycles. The van der Waals surface area contributed by atoms with Crippen molar-refractivity contribution in [3.63, 3.8) is 0 Å². The van der Waals surface area contributed by atoms with E-state index >= 15 is 0 Å². The van der Waals surface area contributed by atoms with Gasteiger partial charge in [0.2, 0.25) is 0 Å². The van der Waals surface area contributed by atoms with Gasteiger partial charge < -0.3 is 5.32 Å². The molecular formula is C20H27N3O3S. The molecule has 2 N–H and O–H groups in total. The minimum absolute atomic E-state index is 0.0769. The van der Waals surface area contributed by atoms with Crippen LogP contribution in [0.3, 0.4) is 0 Å². The second kappa shape index (κ2) is 9.50. The lowest BCUT2D eigenvalue weighted by Gasteiger charge is -2.15. The zero-order valence-corrected chi connectivity index (χ0v) is 16.8. The van der Waals surface area contributed by atoms with Crippen LogP contribution in [0.5, 0.6) is 0 Å². The van der Waals surface area contributed by atoms with E-state index in [9.17, 15) is 13.2 Å². The van der Waals surface area contributed by atoms with Crippen LogP contribution in [0.25, 0.3) is 0 Å². The molecule has 1 unspecified atom stereocenters. The molecule has 0 bridgehead atoms. The maximum absolute atomic E-state index is 12.4. The molecule has 0 aliphatic heterocycles. The highest BCUT2D eigenvalue weighted by Gasteiger charge is 2.16. The van der Waals surface area contributed by atoms with Crippen molar-refractivity contribution >= 4 is 21.6 Å². The van der Waals surface area contributed by atoms with Gasteiger partial charge in [0.1, 0.15) is 0 Å². The number of pyridine rings is 1. The number of carbonyl (C=O) groups is 1. The quantitative estimate of drug-likeness (QED) is 0.682. The van der Waals surface area contributed by atoms with Crippen LogP contribution in [0, 0.1) is 5.92 Å². The molecule has 2 aromatic rings. The second-order valence-electron chi connectivity index (χ2n) is 7.07. The number of hydrogen-bond donors (Lipinski definition) is 2. The number of rotatable bonds is 9. The van der Waals surface area contributed by atoms with Crippen LogP contribution in [0.15, 0.2) is 53.7 Å². The van der Waals surface area contributed by atoms with Gasteiger partial charge in [0.05, 0.1) is 10.6 Å². The minimum atomic E-state index is -3.71. The molecule has 0 fully saturated rings. The van der Waals surface area contributed by atoms with Crippen molar-refractivity contribution in [2.45, 2.75) is 51.0 Å². The third-order valence-electron chi connectivity index (χ3n) is 4.16. The van der Waals surface area contributed by atoms with E-state index in [2.05, 4.69) is 28.9 Å². The average Bonchev–Trinajstić information content (AvgIpc) is 2.62. The first kappa shape index (κ1) is 20.9. The van der Waals surface area contributed by atoms with Crippen molar-refractivity contribution in [1.29, 1.82) is 0 Å². The smallest absolute Gasteiger partial charge is 0.261 e. The van der Waals surface area contributed by atoms with Gasteiger partial charge in [-0.05, 0) is 55.7 Å². The van der Waals surface area contributed by atoms with Crippen LogP contribution >= 0.6 is 0 Å². The summed E-state index contributed by atoms with van der Waals surface area (Å²) in [5.41, 5.74) is 0.871. The highest BCUT2D eigenvalue weighted by molar-refractivity contribution is 7.92. The SMILES string of the molecule is CC(C)CCCC(C)NC(=O)c1ccc(S(=O)(=O)Nc2ccncc2)cc1. The molecule has 0 aliphatic rings. The van der Waals surface area contributed by atoms with Crippen molar-refractivity contribution < 1.29 is 13.2 Å². The molecule has 27 heavy (non-hydrogen) atoms. The number of anilines is 1. The first-order valence-corrected chi connectivity index (χ1v) is 10.6. The lowest BCUT2D eigenvalue weighted by atomic mass is 10.0. The third kappa shape index (κ3) is 6.67. The van der Waals surface area contributed by atoms with Crippen molar-refractivity contribution in [3.8, 4) is 0 Å². The summed E-state index contributed by atoms with van der Waals surface area (Å²) in [4.78, 5) is 16.3. The van der Waals surface area contributed by atoms with E-state index in [1.54, 1.807) is 12.1 Å². The minimum Gasteiger partial charge on any atom is -0.350 e. The molecule has 6 nitrogen and oxygen atoms in total. The Labute approximate surface area is 161 Å². The molecule has 0 spiro atoms. The summed E-state index contributed by atoms with van der Waals surface area (Å²) in [6.45, 7) is 6.35. The molecule has 0 radical (unpaired) electrons. The molecule has 1 atom stereocenters. The molecule has 1 aromatic carbocycles. The first-order valence-electron chi connectivity index (χ1n) is 9.11. The van der Waals surface area contributed by atoms with Crippen molar-refractivity contribution in [1.82, 2.24) is 10.3 Å². The Bertz CT molecular complexity index is 835. The largest absolute Gasteiger partial charge is 0.350 e. The number of carbonyl (C=O) groups excluding carboxylic acids is 1. The van der Waals surface area contributed by atoms with Gasteiger partial charge in [-0.2, -0.15) is 0 Å². The summed E-state index contributed by atoms with van der Waals surface area (Å²) in [7, 11) is -3.71. The van der Waals surface area contributed by atoms with Crippen LogP contribution < -0.4 is 10.0 Å². The molecular weight excluding hydrogens is 362 g/mol. The zero-order valence-electron chi connectivity index (χ0n) is 16.0. The van der Waals surface area contributed by atoms with E-state index in [1.165, 1.54) is 36.7 Å². The zero-order chi connectivity index (χ0) is 19.9. The Kier molecular flexibility index (Phi) is 7.36. The molecule has 146 valence electrons. The Hall–Kier alpha value is -2.41. The van der Waals surface area contributed by atoms with Gasteiger partial charge >= 0.3 is 0 Å². The van der Waals surface area contributed by atoms with E-state index < -0.39 is 10.0 Å². The summed E-state index contributed by atoms with van der Waals surface area (Å²) in [5.74, 6) is 0.459. The normalized spacial score (nSPS) is 12.6. The van der Waals surface area contributed by atoms with E-state index in [-0.39, 0.29) is 16.8 Å². The predicted molar refractivity (Wildman–Crippen MR) is 107 cm³/mol. The van der Waals surface area contributed by atoms with Crippen molar-refractivity contribution in [2.75, 3.05) is 4.72 Å².